The predicted octanol–water partition coefficient (Wildman–Crippen LogP) is 5.79. The molecule has 2 saturated heterocycles. The molecule has 2 aromatic carbocycles. The van der Waals surface area contributed by atoms with Crippen molar-refractivity contribution in [3.8, 4) is 45.1 Å². The fourth-order valence-corrected chi connectivity index (χ4v) is 7.49. The van der Waals surface area contributed by atoms with E-state index < -0.39 is 0 Å². The van der Waals surface area contributed by atoms with E-state index in [4.69, 9.17) is 37.7 Å². The lowest BCUT2D eigenvalue weighted by molar-refractivity contribution is -0.120. The molecule has 5 aromatic rings. The monoisotopic (exact) mass is 727 g/mol. The smallest absolute Gasteiger partial charge is 0.220 e. The van der Waals surface area contributed by atoms with Crippen LogP contribution in [0.1, 0.15) is 36.8 Å². The Morgan fingerprint density at radius 3 is 2.02 bits per heavy atom. The summed E-state index contributed by atoms with van der Waals surface area (Å²) in [4.78, 5) is 27.9. The molecule has 0 unspecified atom stereocenters. The normalized spacial score (nSPS) is 17.2. The number of fused-ring (bicyclic) bond motifs is 1. The second-order valence-corrected chi connectivity index (χ2v) is 13.6. The molecule has 0 radical (unpaired) electrons. The standard InChI is InChI=1S/C38H39Cl2N7O4/c1-50-32-15-23(21-47-37(32)24(18-43-47)17-42-20-26-11-14-34(49)45-26)27-5-3-6-28(35(27)39)29-7-4-8-30(36(29)40)31-12-9-22(38(46-31)51-2)16-41-19-25-10-13-33(48)44-25/h3-9,12,15,18,21,25-26,41-42H,10-11,13-14,16-17,19-20H2,1-2H3,(H,44,48)(H,45,49)/t25-,26+/m1/s1. The minimum atomic E-state index is 0.0979. The summed E-state index contributed by atoms with van der Waals surface area (Å²) in [6.07, 6.45) is 6.59. The van der Waals surface area contributed by atoms with Gasteiger partial charge < -0.3 is 30.7 Å². The van der Waals surface area contributed by atoms with Crippen LogP contribution in [-0.4, -0.2) is 65.8 Å². The Kier molecular flexibility index (Phi) is 10.4. The van der Waals surface area contributed by atoms with Crippen LogP contribution < -0.4 is 30.7 Å². The highest BCUT2D eigenvalue weighted by Gasteiger charge is 2.23. The molecule has 0 saturated carbocycles. The molecule has 3 aromatic heterocycles. The first kappa shape index (κ1) is 34.8. The van der Waals surface area contributed by atoms with E-state index in [-0.39, 0.29) is 23.9 Å². The number of carbonyl (C=O) groups excluding carboxylic acids is 2. The number of halogens is 2. The van der Waals surface area contributed by atoms with Crippen LogP contribution in [0.15, 0.2) is 67.0 Å². The predicted molar refractivity (Wildman–Crippen MR) is 198 cm³/mol. The molecule has 7 rings (SSSR count). The summed E-state index contributed by atoms with van der Waals surface area (Å²) in [7, 11) is 3.24. The van der Waals surface area contributed by atoms with Crippen molar-refractivity contribution in [2.24, 2.45) is 0 Å². The van der Waals surface area contributed by atoms with Crippen LogP contribution in [0.2, 0.25) is 10.0 Å². The van der Waals surface area contributed by atoms with Crippen molar-refractivity contribution in [1.29, 1.82) is 0 Å². The van der Waals surface area contributed by atoms with Crippen LogP contribution in [0, 0.1) is 0 Å². The zero-order chi connectivity index (χ0) is 35.5. The van der Waals surface area contributed by atoms with Crippen LogP contribution >= 0.6 is 23.2 Å². The number of hydrogen-bond donors (Lipinski definition) is 4. The molecule has 4 N–H and O–H groups in total. The highest BCUT2D eigenvalue weighted by molar-refractivity contribution is 6.39. The van der Waals surface area contributed by atoms with Crippen molar-refractivity contribution in [1.82, 2.24) is 35.9 Å². The second kappa shape index (κ2) is 15.3. The van der Waals surface area contributed by atoms with Crippen molar-refractivity contribution >= 4 is 40.5 Å². The number of nitrogens with zero attached hydrogens (tertiary/aromatic N) is 3. The van der Waals surface area contributed by atoms with Crippen molar-refractivity contribution in [3.63, 3.8) is 0 Å². The zero-order valence-electron chi connectivity index (χ0n) is 28.4. The number of aromatic nitrogens is 3. The fraction of sp³-hybridized carbons (Fsp3) is 0.316. The molecule has 2 fully saturated rings. The van der Waals surface area contributed by atoms with Gasteiger partial charge in [-0.3, -0.25) is 9.59 Å². The van der Waals surface area contributed by atoms with Gasteiger partial charge in [-0.2, -0.15) is 5.10 Å². The first-order chi connectivity index (χ1) is 24.8. The van der Waals surface area contributed by atoms with Gasteiger partial charge in [-0.05, 0) is 25.0 Å². The minimum Gasteiger partial charge on any atom is -0.494 e. The third-order valence-electron chi connectivity index (χ3n) is 9.46. The molecule has 5 heterocycles. The van der Waals surface area contributed by atoms with Gasteiger partial charge in [0.05, 0.1) is 36.2 Å². The summed E-state index contributed by atoms with van der Waals surface area (Å²) in [6.45, 7) is 2.49. The largest absolute Gasteiger partial charge is 0.494 e. The summed E-state index contributed by atoms with van der Waals surface area (Å²) >= 11 is 14.3. The molecule has 0 aliphatic carbocycles. The van der Waals surface area contributed by atoms with Gasteiger partial charge in [0, 0.05) is 96.2 Å². The third-order valence-corrected chi connectivity index (χ3v) is 10.3. The zero-order valence-corrected chi connectivity index (χ0v) is 29.9. The Hall–Kier alpha value is -4.68. The number of pyridine rings is 2. The number of benzene rings is 2. The van der Waals surface area contributed by atoms with Gasteiger partial charge >= 0.3 is 0 Å². The molecule has 0 spiro atoms. The molecule has 2 aliphatic rings. The van der Waals surface area contributed by atoms with Gasteiger partial charge in [0.15, 0.2) is 0 Å². The number of carbonyl (C=O) groups is 2. The molecule has 2 atom stereocenters. The molecule has 264 valence electrons. The Morgan fingerprint density at radius 1 is 0.804 bits per heavy atom. The lowest BCUT2D eigenvalue weighted by Gasteiger charge is -2.16. The highest BCUT2D eigenvalue weighted by Crippen LogP contribution is 2.43. The molecule has 0 bridgehead atoms. The number of nitrogens with one attached hydrogen (secondary N) is 4. The molecule has 2 aliphatic heterocycles. The topological polar surface area (TPSA) is 131 Å². The maximum Gasteiger partial charge on any atom is 0.220 e. The Morgan fingerprint density at radius 2 is 1.41 bits per heavy atom. The summed E-state index contributed by atoms with van der Waals surface area (Å²) in [6, 6.07) is 17.8. The lowest BCUT2D eigenvalue weighted by atomic mass is 9.97. The Bertz CT molecular complexity index is 2100. The van der Waals surface area contributed by atoms with E-state index in [1.807, 2.05) is 71.5 Å². The summed E-state index contributed by atoms with van der Waals surface area (Å²) in [5.74, 6) is 1.37. The van der Waals surface area contributed by atoms with Crippen LogP contribution in [0.5, 0.6) is 11.6 Å². The maximum atomic E-state index is 11.6. The third kappa shape index (κ3) is 7.38. The van der Waals surface area contributed by atoms with E-state index in [9.17, 15) is 9.59 Å². The average molecular weight is 729 g/mol. The van der Waals surface area contributed by atoms with E-state index >= 15 is 0 Å². The summed E-state index contributed by atoms with van der Waals surface area (Å²) in [5, 5.41) is 18.5. The number of hydrogen-bond acceptors (Lipinski definition) is 8. The summed E-state index contributed by atoms with van der Waals surface area (Å²) < 4.78 is 13.3. The molecule has 51 heavy (non-hydrogen) atoms. The van der Waals surface area contributed by atoms with Gasteiger partial charge in [-0.1, -0.05) is 65.7 Å². The van der Waals surface area contributed by atoms with Gasteiger partial charge in [-0.15, -0.1) is 0 Å². The SMILES string of the molecule is COc1nc(-c2cccc(-c3cccc(-c4cc(OC)c5c(CNC[C@@H]6CCC(=O)N6)cnn5c4)c3Cl)c2Cl)ccc1CNC[C@H]1CCC(=O)N1. The maximum absolute atomic E-state index is 11.6. The minimum absolute atomic E-state index is 0.0979. The van der Waals surface area contributed by atoms with Gasteiger partial charge in [0.25, 0.3) is 0 Å². The average Bonchev–Trinajstić information content (AvgIpc) is 3.88. The van der Waals surface area contributed by atoms with Crippen LogP contribution in [0.3, 0.4) is 0 Å². The Balaban J connectivity index is 1.13. The molecular weight excluding hydrogens is 689 g/mol. The molecular formula is C38H39Cl2N7O4. The van der Waals surface area contributed by atoms with Crippen molar-refractivity contribution in [2.75, 3.05) is 27.3 Å². The molecule has 2 amide bonds. The highest BCUT2D eigenvalue weighted by atomic mass is 35.5. The molecule has 11 nitrogen and oxygen atoms in total. The van der Waals surface area contributed by atoms with Crippen LogP contribution in [-0.2, 0) is 22.7 Å². The second-order valence-electron chi connectivity index (χ2n) is 12.8. The van der Waals surface area contributed by atoms with Crippen molar-refractivity contribution in [3.05, 3.63) is 88.2 Å². The van der Waals surface area contributed by atoms with E-state index in [0.717, 1.165) is 57.3 Å². The first-order valence-electron chi connectivity index (χ1n) is 17.0. The number of amides is 2. The fourth-order valence-electron chi connectivity index (χ4n) is 6.83. The van der Waals surface area contributed by atoms with E-state index in [2.05, 4.69) is 26.4 Å². The number of methoxy groups -OCH3 is 2. The van der Waals surface area contributed by atoms with Crippen LogP contribution in [0.25, 0.3) is 39.0 Å². The van der Waals surface area contributed by atoms with Crippen molar-refractivity contribution in [2.45, 2.75) is 50.9 Å². The van der Waals surface area contributed by atoms with Crippen LogP contribution in [0.4, 0.5) is 0 Å². The Labute approximate surface area is 306 Å². The number of ether oxygens (including phenoxy) is 2. The van der Waals surface area contributed by atoms with E-state index in [1.54, 1.807) is 14.2 Å². The van der Waals surface area contributed by atoms with Gasteiger partial charge in [0.2, 0.25) is 17.7 Å². The molecule has 13 heteroatoms. The van der Waals surface area contributed by atoms with Gasteiger partial charge in [0.1, 0.15) is 11.3 Å². The summed E-state index contributed by atoms with van der Waals surface area (Å²) in [5.41, 5.74) is 7.35. The quantitative estimate of drug-likeness (QED) is 0.120. The van der Waals surface area contributed by atoms with E-state index in [1.165, 1.54) is 0 Å². The number of rotatable bonds is 13. The lowest BCUT2D eigenvalue weighted by Crippen LogP contribution is -2.35. The van der Waals surface area contributed by atoms with Gasteiger partial charge in [-0.25, -0.2) is 9.50 Å². The van der Waals surface area contributed by atoms with E-state index in [0.29, 0.717) is 66.4 Å². The van der Waals surface area contributed by atoms with Crippen molar-refractivity contribution < 1.29 is 19.1 Å². The first-order valence-corrected chi connectivity index (χ1v) is 17.7.